The summed E-state index contributed by atoms with van der Waals surface area (Å²) in [4.78, 5) is 0. The molecule has 1 atom stereocenters. The zero-order valence-electron chi connectivity index (χ0n) is 9.23. The topological polar surface area (TPSA) is 12.0 Å². The highest BCUT2D eigenvalue weighted by molar-refractivity contribution is 5.85. The van der Waals surface area contributed by atoms with Gasteiger partial charge in [-0.3, -0.25) is 0 Å². The second-order valence-corrected chi connectivity index (χ2v) is 5.25. The first kappa shape index (κ1) is 13.2. The molecule has 1 rings (SSSR count). The van der Waals surface area contributed by atoms with E-state index in [2.05, 4.69) is 26.1 Å². The Morgan fingerprint density at radius 3 is 2.38 bits per heavy atom. The van der Waals surface area contributed by atoms with Crippen LogP contribution in [0.4, 0.5) is 0 Å². The molecular weight excluding hydrogens is 182 g/mol. The molecule has 1 aliphatic rings. The van der Waals surface area contributed by atoms with Crippen molar-refractivity contribution >= 4 is 12.4 Å². The Kier molecular flexibility index (Phi) is 5.98. The van der Waals surface area contributed by atoms with Crippen LogP contribution in [0.2, 0.25) is 0 Å². The zero-order valence-corrected chi connectivity index (χ0v) is 10.0. The third-order valence-electron chi connectivity index (χ3n) is 2.66. The third kappa shape index (κ3) is 6.34. The molecular formula is C11H24ClN. The van der Waals surface area contributed by atoms with Gasteiger partial charge >= 0.3 is 0 Å². The Balaban J connectivity index is 0.00000144. The number of hydrogen-bond acceptors (Lipinski definition) is 1. The smallest absolute Gasteiger partial charge is 0.00672 e. The lowest BCUT2D eigenvalue weighted by Crippen LogP contribution is -2.34. The van der Waals surface area contributed by atoms with Crippen LogP contribution >= 0.6 is 12.4 Å². The molecule has 0 saturated carbocycles. The average Bonchev–Trinajstić information content (AvgIpc) is 2.02. The molecule has 1 N–H and O–H groups in total. The maximum Gasteiger partial charge on any atom is 0.00672 e. The van der Waals surface area contributed by atoms with Crippen molar-refractivity contribution in [3.63, 3.8) is 0 Å². The summed E-state index contributed by atoms with van der Waals surface area (Å²) < 4.78 is 0. The van der Waals surface area contributed by atoms with E-state index in [9.17, 15) is 0 Å². The molecule has 13 heavy (non-hydrogen) atoms. The van der Waals surface area contributed by atoms with E-state index in [-0.39, 0.29) is 12.4 Å². The van der Waals surface area contributed by atoms with Gasteiger partial charge in [0.05, 0.1) is 0 Å². The first-order chi connectivity index (χ1) is 5.58. The molecule has 0 aliphatic carbocycles. The van der Waals surface area contributed by atoms with Gasteiger partial charge in [0.15, 0.2) is 0 Å². The number of piperidine rings is 1. The van der Waals surface area contributed by atoms with Gasteiger partial charge in [-0.05, 0) is 37.6 Å². The molecule has 0 radical (unpaired) electrons. The number of nitrogens with one attached hydrogen (secondary N) is 1. The van der Waals surface area contributed by atoms with Crippen molar-refractivity contribution in [2.75, 3.05) is 6.54 Å². The van der Waals surface area contributed by atoms with E-state index in [1.54, 1.807) is 0 Å². The summed E-state index contributed by atoms with van der Waals surface area (Å²) in [6.07, 6.45) is 6.93. The number of halogens is 1. The fourth-order valence-electron chi connectivity index (χ4n) is 1.78. The molecule has 80 valence electrons. The van der Waals surface area contributed by atoms with Crippen LogP contribution in [0.15, 0.2) is 0 Å². The molecule has 2 heteroatoms. The van der Waals surface area contributed by atoms with Crippen LogP contribution < -0.4 is 5.32 Å². The summed E-state index contributed by atoms with van der Waals surface area (Å²) in [6, 6.07) is 0.818. The second-order valence-electron chi connectivity index (χ2n) is 5.25. The van der Waals surface area contributed by atoms with Crippen LogP contribution in [-0.4, -0.2) is 12.6 Å². The van der Waals surface area contributed by atoms with E-state index >= 15 is 0 Å². The highest BCUT2D eigenvalue weighted by atomic mass is 35.5. The number of rotatable bonds is 2. The standard InChI is InChI=1S/C11H23N.ClH/c1-11(2,3)8-7-10-6-4-5-9-12-10;/h10,12H,4-9H2,1-3H3;1H. The van der Waals surface area contributed by atoms with Crippen LogP contribution in [0, 0.1) is 5.41 Å². The minimum atomic E-state index is 0. The van der Waals surface area contributed by atoms with Crippen molar-refractivity contribution in [2.45, 2.75) is 58.9 Å². The Labute approximate surface area is 89.1 Å². The van der Waals surface area contributed by atoms with E-state index in [1.165, 1.54) is 38.6 Å². The Morgan fingerprint density at radius 2 is 1.92 bits per heavy atom. The van der Waals surface area contributed by atoms with Gasteiger partial charge in [-0.1, -0.05) is 27.2 Å². The van der Waals surface area contributed by atoms with Crippen molar-refractivity contribution in [3.8, 4) is 0 Å². The van der Waals surface area contributed by atoms with Crippen molar-refractivity contribution < 1.29 is 0 Å². The van der Waals surface area contributed by atoms with Gasteiger partial charge in [-0.2, -0.15) is 0 Å². The van der Waals surface area contributed by atoms with Crippen LogP contribution in [-0.2, 0) is 0 Å². The minimum Gasteiger partial charge on any atom is -0.314 e. The lowest BCUT2D eigenvalue weighted by Gasteiger charge is -2.27. The van der Waals surface area contributed by atoms with Gasteiger partial charge in [0.25, 0.3) is 0 Å². The number of hydrogen-bond donors (Lipinski definition) is 1. The lowest BCUT2D eigenvalue weighted by atomic mass is 9.87. The van der Waals surface area contributed by atoms with E-state index < -0.39 is 0 Å². The van der Waals surface area contributed by atoms with E-state index in [0.29, 0.717) is 5.41 Å². The molecule has 0 amide bonds. The van der Waals surface area contributed by atoms with Gasteiger partial charge < -0.3 is 5.32 Å². The van der Waals surface area contributed by atoms with Gasteiger partial charge in [-0.25, -0.2) is 0 Å². The molecule has 1 nitrogen and oxygen atoms in total. The molecule has 0 bridgehead atoms. The summed E-state index contributed by atoms with van der Waals surface area (Å²) >= 11 is 0. The van der Waals surface area contributed by atoms with Crippen molar-refractivity contribution in [1.29, 1.82) is 0 Å². The monoisotopic (exact) mass is 205 g/mol. The molecule has 0 aromatic heterocycles. The lowest BCUT2D eigenvalue weighted by molar-refractivity contribution is 0.302. The highest BCUT2D eigenvalue weighted by Gasteiger charge is 2.16. The Hall–Kier alpha value is 0.250. The van der Waals surface area contributed by atoms with Crippen LogP contribution in [0.1, 0.15) is 52.9 Å². The molecule has 0 spiro atoms. The SMILES string of the molecule is CC(C)(C)CCC1CCCCN1.Cl. The normalized spacial score (nSPS) is 23.8. The van der Waals surface area contributed by atoms with E-state index in [4.69, 9.17) is 0 Å². The maximum absolute atomic E-state index is 3.59. The third-order valence-corrected chi connectivity index (χ3v) is 2.66. The summed E-state index contributed by atoms with van der Waals surface area (Å²) in [7, 11) is 0. The molecule has 1 fully saturated rings. The van der Waals surface area contributed by atoms with Crippen LogP contribution in [0.25, 0.3) is 0 Å². The molecule has 1 unspecified atom stereocenters. The highest BCUT2D eigenvalue weighted by Crippen LogP contribution is 2.23. The summed E-state index contributed by atoms with van der Waals surface area (Å²) in [5, 5.41) is 3.59. The molecule has 0 aromatic rings. The van der Waals surface area contributed by atoms with Crippen LogP contribution in [0.5, 0.6) is 0 Å². The zero-order chi connectivity index (χ0) is 9.03. The van der Waals surface area contributed by atoms with Gasteiger partial charge in [0.1, 0.15) is 0 Å². The largest absolute Gasteiger partial charge is 0.314 e. The van der Waals surface area contributed by atoms with Gasteiger partial charge in [-0.15, -0.1) is 12.4 Å². The van der Waals surface area contributed by atoms with Gasteiger partial charge in [0.2, 0.25) is 0 Å². The predicted octanol–water partition coefficient (Wildman–Crippen LogP) is 3.38. The Morgan fingerprint density at radius 1 is 1.23 bits per heavy atom. The van der Waals surface area contributed by atoms with Crippen LogP contribution in [0.3, 0.4) is 0 Å². The summed E-state index contributed by atoms with van der Waals surface area (Å²) in [6.45, 7) is 8.23. The van der Waals surface area contributed by atoms with E-state index in [0.717, 1.165) is 6.04 Å². The Bertz CT molecular complexity index is 123. The van der Waals surface area contributed by atoms with Crippen molar-refractivity contribution in [2.24, 2.45) is 5.41 Å². The second kappa shape index (κ2) is 5.87. The first-order valence-corrected chi connectivity index (χ1v) is 5.31. The molecule has 1 saturated heterocycles. The first-order valence-electron chi connectivity index (χ1n) is 5.31. The summed E-state index contributed by atoms with van der Waals surface area (Å²) in [5.41, 5.74) is 0.513. The average molecular weight is 206 g/mol. The maximum atomic E-state index is 3.59. The van der Waals surface area contributed by atoms with E-state index in [1.807, 2.05) is 0 Å². The van der Waals surface area contributed by atoms with Gasteiger partial charge in [0, 0.05) is 6.04 Å². The fourth-order valence-corrected chi connectivity index (χ4v) is 1.78. The molecule has 0 aromatic carbocycles. The predicted molar refractivity (Wildman–Crippen MR) is 61.6 cm³/mol. The van der Waals surface area contributed by atoms with Crippen molar-refractivity contribution in [3.05, 3.63) is 0 Å². The molecule has 1 heterocycles. The summed E-state index contributed by atoms with van der Waals surface area (Å²) in [5.74, 6) is 0. The quantitative estimate of drug-likeness (QED) is 0.729. The van der Waals surface area contributed by atoms with Crippen molar-refractivity contribution in [1.82, 2.24) is 5.32 Å². The fraction of sp³-hybridized carbons (Fsp3) is 1.00. The molecule has 1 aliphatic heterocycles. The minimum absolute atomic E-state index is 0.